The maximum absolute atomic E-state index is 12.1. The summed E-state index contributed by atoms with van der Waals surface area (Å²) in [5, 5.41) is 2.80. The molecule has 110 valence electrons. The van der Waals surface area contributed by atoms with Gasteiger partial charge in [-0.1, -0.05) is 0 Å². The minimum absolute atomic E-state index is 0.228. The summed E-state index contributed by atoms with van der Waals surface area (Å²) in [6.07, 6.45) is 0. The van der Waals surface area contributed by atoms with Crippen LogP contribution in [0.4, 0.5) is 11.4 Å². The van der Waals surface area contributed by atoms with Crippen molar-refractivity contribution in [1.82, 2.24) is 0 Å². The molecule has 0 aliphatic carbocycles. The van der Waals surface area contributed by atoms with Gasteiger partial charge >= 0.3 is 0 Å². The molecule has 0 saturated heterocycles. The fourth-order valence-electron chi connectivity index (χ4n) is 1.88. The smallest absolute Gasteiger partial charge is 0.255 e. The molecule has 2 aromatic carbocycles. The Morgan fingerprint density at radius 2 is 1.90 bits per heavy atom. The van der Waals surface area contributed by atoms with Crippen molar-refractivity contribution in [3.05, 3.63) is 48.0 Å². The minimum Gasteiger partial charge on any atom is -0.495 e. The molecule has 0 heterocycles. The predicted octanol–water partition coefficient (Wildman–Crippen LogP) is 2.93. The lowest BCUT2D eigenvalue weighted by molar-refractivity contribution is 0.102. The maximum Gasteiger partial charge on any atom is 0.255 e. The Hall–Kier alpha value is -2.69. The summed E-state index contributed by atoms with van der Waals surface area (Å²) in [6, 6.07) is 12.1. The van der Waals surface area contributed by atoms with Gasteiger partial charge in [0.15, 0.2) is 0 Å². The highest BCUT2D eigenvalue weighted by Gasteiger charge is 2.09. The van der Waals surface area contributed by atoms with E-state index in [1.54, 1.807) is 30.3 Å². The molecule has 0 saturated carbocycles. The molecular formula is C16H18N2O3. The molecule has 3 N–H and O–H groups in total. The number of nitrogen functional groups attached to an aromatic ring is 1. The van der Waals surface area contributed by atoms with Gasteiger partial charge in [-0.25, -0.2) is 0 Å². The number of hydrogen-bond acceptors (Lipinski definition) is 4. The first kappa shape index (κ1) is 14.7. The van der Waals surface area contributed by atoms with Gasteiger partial charge in [0.1, 0.15) is 11.5 Å². The third-order valence-electron chi connectivity index (χ3n) is 2.92. The van der Waals surface area contributed by atoms with Gasteiger partial charge in [-0.15, -0.1) is 0 Å². The zero-order chi connectivity index (χ0) is 15.2. The van der Waals surface area contributed by atoms with Gasteiger partial charge in [-0.05, 0) is 49.4 Å². The van der Waals surface area contributed by atoms with Crippen LogP contribution in [-0.2, 0) is 0 Å². The number of hydrogen-bond donors (Lipinski definition) is 2. The van der Waals surface area contributed by atoms with Gasteiger partial charge < -0.3 is 20.5 Å². The molecule has 0 fully saturated rings. The Balaban J connectivity index is 2.08. The molecule has 2 aromatic rings. The maximum atomic E-state index is 12.1. The summed E-state index contributed by atoms with van der Waals surface area (Å²) in [5.74, 6) is 1.09. The van der Waals surface area contributed by atoms with Crippen molar-refractivity contribution in [3.8, 4) is 11.5 Å². The van der Waals surface area contributed by atoms with E-state index in [1.807, 2.05) is 19.1 Å². The Bertz CT molecular complexity index is 624. The number of rotatable bonds is 5. The van der Waals surface area contributed by atoms with Crippen molar-refractivity contribution >= 4 is 17.3 Å². The fraction of sp³-hybridized carbons (Fsp3) is 0.188. The molecule has 0 radical (unpaired) electrons. The Kier molecular flexibility index (Phi) is 4.66. The van der Waals surface area contributed by atoms with Crippen LogP contribution in [0.3, 0.4) is 0 Å². The van der Waals surface area contributed by atoms with E-state index in [9.17, 15) is 4.79 Å². The lowest BCUT2D eigenvalue weighted by Crippen LogP contribution is -2.12. The fourth-order valence-corrected chi connectivity index (χ4v) is 1.88. The van der Waals surface area contributed by atoms with Crippen LogP contribution in [0.1, 0.15) is 17.3 Å². The van der Waals surface area contributed by atoms with Crippen LogP contribution in [0.15, 0.2) is 42.5 Å². The van der Waals surface area contributed by atoms with Crippen LogP contribution in [0.5, 0.6) is 11.5 Å². The number of ether oxygens (including phenoxy) is 2. The first-order valence-electron chi connectivity index (χ1n) is 6.61. The summed E-state index contributed by atoms with van der Waals surface area (Å²) in [7, 11) is 1.53. The van der Waals surface area contributed by atoms with Gasteiger partial charge in [0.05, 0.1) is 19.4 Å². The van der Waals surface area contributed by atoms with Crippen molar-refractivity contribution in [2.75, 3.05) is 24.8 Å². The van der Waals surface area contributed by atoms with E-state index in [1.165, 1.54) is 7.11 Å². The van der Waals surface area contributed by atoms with Gasteiger partial charge in [0.2, 0.25) is 0 Å². The van der Waals surface area contributed by atoms with Gasteiger partial charge in [0, 0.05) is 11.3 Å². The summed E-state index contributed by atoms with van der Waals surface area (Å²) < 4.78 is 10.4. The largest absolute Gasteiger partial charge is 0.495 e. The quantitative estimate of drug-likeness (QED) is 0.829. The Labute approximate surface area is 123 Å². The number of methoxy groups -OCH3 is 1. The Morgan fingerprint density at radius 3 is 2.48 bits per heavy atom. The lowest BCUT2D eigenvalue weighted by atomic mass is 10.1. The molecule has 0 aliphatic heterocycles. The number of nitrogens with two attached hydrogens (primary N) is 1. The third-order valence-corrected chi connectivity index (χ3v) is 2.92. The van der Waals surface area contributed by atoms with Crippen LogP contribution >= 0.6 is 0 Å². The van der Waals surface area contributed by atoms with Gasteiger partial charge in [-0.3, -0.25) is 4.79 Å². The number of carbonyl (C=O) groups excluding carboxylic acids is 1. The van der Waals surface area contributed by atoms with E-state index in [4.69, 9.17) is 15.2 Å². The first-order chi connectivity index (χ1) is 10.1. The van der Waals surface area contributed by atoms with Crippen molar-refractivity contribution in [2.45, 2.75) is 6.92 Å². The second-order valence-electron chi connectivity index (χ2n) is 4.37. The van der Waals surface area contributed by atoms with Crippen molar-refractivity contribution < 1.29 is 14.3 Å². The molecule has 0 aliphatic rings. The molecule has 2 rings (SSSR count). The molecular weight excluding hydrogens is 268 g/mol. The molecule has 5 nitrogen and oxygen atoms in total. The molecule has 1 amide bonds. The number of nitrogens with one attached hydrogen (secondary N) is 1. The third kappa shape index (κ3) is 3.66. The van der Waals surface area contributed by atoms with Gasteiger partial charge in [0.25, 0.3) is 5.91 Å². The average molecular weight is 286 g/mol. The second kappa shape index (κ2) is 6.65. The van der Waals surface area contributed by atoms with E-state index in [-0.39, 0.29) is 5.91 Å². The number of benzene rings is 2. The van der Waals surface area contributed by atoms with Crippen LogP contribution < -0.4 is 20.5 Å². The molecule has 21 heavy (non-hydrogen) atoms. The van der Waals surface area contributed by atoms with E-state index in [0.717, 1.165) is 5.75 Å². The summed E-state index contributed by atoms with van der Waals surface area (Å²) >= 11 is 0. The predicted molar refractivity (Wildman–Crippen MR) is 83.0 cm³/mol. The highest BCUT2D eigenvalue weighted by molar-refractivity contribution is 6.05. The topological polar surface area (TPSA) is 73.6 Å². The summed E-state index contributed by atoms with van der Waals surface area (Å²) in [5.41, 5.74) is 7.39. The number of amides is 1. The normalized spacial score (nSPS) is 10.0. The van der Waals surface area contributed by atoms with E-state index in [0.29, 0.717) is 29.3 Å². The minimum atomic E-state index is -0.228. The number of anilines is 2. The van der Waals surface area contributed by atoms with Crippen LogP contribution in [0, 0.1) is 0 Å². The highest BCUT2D eigenvalue weighted by atomic mass is 16.5. The molecule has 0 aromatic heterocycles. The standard InChI is InChI=1S/C16H18N2O3/c1-3-21-13-7-5-12(6-8-13)18-16(19)11-4-9-15(20-2)14(17)10-11/h4-10H,3,17H2,1-2H3,(H,18,19). The van der Waals surface area contributed by atoms with Crippen molar-refractivity contribution in [3.63, 3.8) is 0 Å². The lowest BCUT2D eigenvalue weighted by Gasteiger charge is -2.09. The molecule has 5 heteroatoms. The van der Waals surface area contributed by atoms with Crippen molar-refractivity contribution in [1.29, 1.82) is 0 Å². The van der Waals surface area contributed by atoms with Gasteiger partial charge in [-0.2, -0.15) is 0 Å². The SMILES string of the molecule is CCOc1ccc(NC(=O)c2ccc(OC)c(N)c2)cc1. The second-order valence-corrected chi connectivity index (χ2v) is 4.37. The average Bonchev–Trinajstić information content (AvgIpc) is 2.49. The highest BCUT2D eigenvalue weighted by Crippen LogP contribution is 2.23. The van der Waals surface area contributed by atoms with Crippen molar-refractivity contribution in [2.24, 2.45) is 0 Å². The summed E-state index contributed by atoms with van der Waals surface area (Å²) in [6.45, 7) is 2.53. The Morgan fingerprint density at radius 1 is 1.19 bits per heavy atom. The zero-order valence-electron chi connectivity index (χ0n) is 12.1. The molecule has 0 unspecified atom stereocenters. The first-order valence-corrected chi connectivity index (χ1v) is 6.61. The van der Waals surface area contributed by atoms with E-state index >= 15 is 0 Å². The molecule has 0 atom stereocenters. The van der Waals surface area contributed by atoms with Crippen LogP contribution in [0.2, 0.25) is 0 Å². The monoisotopic (exact) mass is 286 g/mol. The number of carbonyl (C=O) groups is 1. The van der Waals surface area contributed by atoms with E-state index < -0.39 is 0 Å². The van der Waals surface area contributed by atoms with E-state index in [2.05, 4.69) is 5.32 Å². The van der Waals surface area contributed by atoms with Crippen LogP contribution in [0.25, 0.3) is 0 Å². The van der Waals surface area contributed by atoms with Crippen LogP contribution in [-0.4, -0.2) is 19.6 Å². The molecule has 0 bridgehead atoms. The zero-order valence-corrected chi connectivity index (χ0v) is 12.1. The summed E-state index contributed by atoms with van der Waals surface area (Å²) in [4.78, 5) is 12.1. The molecule has 0 spiro atoms.